The average Bonchev–Trinajstić information content (AvgIpc) is 3.07. The molecule has 0 heterocycles. The van der Waals surface area contributed by atoms with Crippen LogP contribution >= 0.6 is 0 Å². The van der Waals surface area contributed by atoms with Crippen molar-refractivity contribution in [3.8, 4) is 23.0 Å². The maximum absolute atomic E-state index is 6.27. The Hall–Kier alpha value is -4.70. The number of ether oxygens (including phenoxy) is 2. The molecule has 1 aliphatic carbocycles. The first-order chi connectivity index (χ1) is 22.3. The van der Waals surface area contributed by atoms with Crippen molar-refractivity contribution in [2.24, 2.45) is 0 Å². The van der Waals surface area contributed by atoms with E-state index in [0.29, 0.717) is 5.92 Å². The van der Waals surface area contributed by atoms with Crippen LogP contribution in [-0.2, 0) is 11.8 Å². The second-order valence-electron chi connectivity index (χ2n) is 13.0. The van der Waals surface area contributed by atoms with Crippen molar-refractivity contribution >= 4 is 11.4 Å². The average molecular weight is 611 g/mol. The van der Waals surface area contributed by atoms with Gasteiger partial charge in [-0.1, -0.05) is 61.9 Å². The molecule has 1 aliphatic rings. The molecule has 4 heteroatoms. The van der Waals surface area contributed by atoms with Crippen LogP contribution in [-0.4, -0.2) is 0 Å². The summed E-state index contributed by atoms with van der Waals surface area (Å²) in [5.41, 5.74) is 21.0. The fraction of sp³-hybridized carbons (Fsp3) is 0.286. The zero-order chi connectivity index (χ0) is 32.1. The lowest BCUT2D eigenvalue weighted by Crippen LogP contribution is -2.32. The lowest BCUT2D eigenvalue weighted by molar-refractivity contribution is 0.314. The highest BCUT2D eigenvalue weighted by molar-refractivity contribution is 5.51. The molecule has 1 saturated carbocycles. The van der Waals surface area contributed by atoms with Crippen molar-refractivity contribution in [1.29, 1.82) is 0 Å². The molecule has 5 aromatic rings. The van der Waals surface area contributed by atoms with Crippen molar-refractivity contribution in [2.75, 3.05) is 11.5 Å². The SMILES string of the molecule is CCCCc1cccc(C2CCC(c3ccc(Oc4ccc(N)cc4C)cc3)(c3ccc(Oc4ccc(N)cc4C)cc3)CC2)c1. The highest BCUT2D eigenvalue weighted by Gasteiger charge is 2.39. The molecule has 0 unspecified atom stereocenters. The summed E-state index contributed by atoms with van der Waals surface area (Å²) >= 11 is 0. The van der Waals surface area contributed by atoms with E-state index < -0.39 is 0 Å². The topological polar surface area (TPSA) is 70.5 Å². The van der Waals surface area contributed by atoms with E-state index in [1.54, 1.807) is 0 Å². The Labute approximate surface area is 274 Å². The fourth-order valence-electron chi connectivity index (χ4n) is 7.08. The van der Waals surface area contributed by atoms with Gasteiger partial charge in [0.2, 0.25) is 0 Å². The maximum Gasteiger partial charge on any atom is 0.130 e. The predicted molar refractivity (Wildman–Crippen MR) is 191 cm³/mol. The van der Waals surface area contributed by atoms with Gasteiger partial charge in [0.1, 0.15) is 23.0 Å². The summed E-state index contributed by atoms with van der Waals surface area (Å²) in [5, 5.41) is 0. The molecule has 0 aromatic heterocycles. The van der Waals surface area contributed by atoms with Gasteiger partial charge < -0.3 is 20.9 Å². The Morgan fingerprint density at radius 1 is 0.652 bits per heavy atom. The number of hydrogen-bond donors (Lipinski definition) is 2. The van der Waals surface area contributed by atoms with Gasteiger partial charge in [0.25, 0.3) is 0 Å². The summed E-state index contributed by atoms with van der Waals surface area (Å²) in [6.45, 7) is 6.31. The van der Waals surface area contributed by atoms with Gasteiger partial charge in [0.15, 0.2) is 0 Å². The lowest BCUT2D eigenvalue weighted by Gasteiger charge is -2.42. The molecule has 4 nitrogen and oxygen atoms in total. The number of benzene rings is 5. The summed E-state index contributed by atoms with van der Waals surface area (Å²) in [4.78, 5) is 0. The summed E-state index contributed by atoms with van der Waals surface area (Å²) in [7, 11) is 0. The van der Waals surface area contributed by atoms with Crippen molar-refractivity contribution in [3.05, 3.63) is 143 Å². The van der Waals surface area contributed by atoms with E-state index >= 15 is 0 Å². The van der Waals surface area contributed by atoms with E-state index in [-0.39, 0.29) is 5.41 Å². The van der Waals surface area contributed by atoms with Crippen molar-refractivity contribution in [2.45, 2.75) is 77.0 Å². The van der Waals surface area contributed by atoms with Crippen LogP contribution in [0.3, 0.4) is 0 Å². The summed E-state index contributed by atoms with van der Waals surface area (Å²) in [6.07, 6.45) is 8.06. The van der Waals surface area contributed by atoms with E-state index in [1.807, 2.05) is 50.2 Å². The summed E-state index contributed by atoms with van der Waals surface area (Å²) in [6, 6.07) is 38.3. The van der Waals surface area contributed by atoms with Crippen LogP contribution in [0.5, 0.6) is 23.0 Å². The molecule has 0 amide bonds. The first-order valence-electron chi connectivity index (χ1n) is 16.7. The highest BCUT2D eigenvalue weighted by atomic mass is 16.5. The van der Waals surface area contributed by atoms with Gasteiger partial charge in [-0.2, -0.15) is 0 Å². The first-order valence-corrected chi connectivity index (χ1v) is 16.7. The molecule has 236 valence electrons. The van der Waals surface area contributed by atoms with Gasteiger partial charge in [-0.3, -0.25) is 0 Å². The third kappa shape index (κ3) is 6.92. The van der Waals surface area contributed by atoms with Gasteiger partial charge in [0, 0.05) is 16.8 Å². The third-order valence-electron chi connectivity index (χ3n) is 9.75. The van der Waals surface area contributed by atoms with Crippen LogP contribution in [0.2, 0.25) is 0 Å². The van der Waals surface area contributed by atoms with Crippen LogP contribution in [0.1, 0.15) is 84.7 Å². The zero-order valence-electron chi connectivity index (χ0n) is 27.4. The van der Waals surface area contributed by atoms with Crippen LogP contribution < -0.4 is 20.9 Å². The van der Waals surface area contributed by atoms with Crippen LogP contribution in [0.15, 0.2) is 109 Å². The molecule has 0 atom stereocenters. The van der Waals surface area contributed by atoms with Crippen LogP contribution in [0.25, 0.3) is 0 Å². The van der Waals surface area contributed by atoms with Crippen molar-refractivity contribution in [3.63, 3.8) is 0 Å². The second kappa shape index (κ2) is 13.7. The number of rotatable bonds is 10. The minimum atomic E-state index is -0.0956. The van der Waals surface area contributed by atoms with Crippen LogP contribution in [0, 0.1) is 13.8 Å². The number of nitrogen functional groups attached to an aromatic ring is 2. The van der Waals surface area contributed by atoms with Crippen LogP contribution in [0.4, 0.5) is 11.4 Å². The largest absolute Gasteiger partial charge is 0.457 e. The smallest absolute Gasteiger partial charge is 0.130 e. The number of nitrogens with two attached hydrogens (primary N) is 2. The normalized spacial score (nSPS) is 14.6. The highest BCUT2D eigenvalue weighted by Crippen LogP contribution is 2.50. The first kappa shape index (κ1) is 31.3. The summed E-state index contributed by atoms with van der Waals surface area (Å²) in [5.74, 6) is 3.87. The molecule has 0 bridgehead atoms. The molecule has 6 rings (SSSR count). The van der Waals surface area contributed by atoms with Gasteiger partial charge in [0.05, 0.1) is 0 Å². The van der Waals surface area contributed by atoms with Gasteiger partial charge in [-0.25, -0.2) is 0 Å². The third-order valence-corrected chi connectivity index (χ3v) is 9.75. The quantitative estimate of drug-likeness (QED) is 0.154. The molecule has 46 heavy (non-hydrogen) atoms. The number of aryl methyl sites for hydroxylation is 3. The number of anilines is 2. The molecular weight excluding hydrogens is 564 g/mol. The fourth-order valence-corrected chi connectivity index (χ4v) is 7.08. The Morgan fingerprint density at radius 3 is 1.65 bits per heavy atom. The van der Waals surface area contributed by atoms with E-state index in [2.05, 4.69) is 79.7 Å². The van der Waals surface area contributed by atoms with Gasteiger partial charge in [-0.05, 0) is 152 Å². The van der Waals surface area contributed by atoms with E-state index in [9.17, 15) is 0 Å². The molecule has 5 aromatic carbocycles. The Bertz CT molecular complexity index is 1670. The lowest BCUT2D eigenvalue weighted by atomic mass is 9.62. The van der Waals surface area contributed by atoms with Gasteiger partial charge in [-0.15, -0.1) is 0 Å². The molecule has 1 fully saturated rings. The molecule has 0 spiro atoms. The molecular formula is C42H46N2O2. The monoisotopic (exact) mass is 610 g/mol. The molecule has 0 radical (unpaired) electrons. The molecule has 4 N–H and O–H groups in total. The van der Waals surface area contributed by atoms with Crippen molar-refractivity contribution in [1.82, 2.24) is 0 Å². The second-order valence-corrected chi connectivity index (χ2v) is 13.0. The minimum absolute atomic E-state index is 0.0956. The summed E-state index contributed by atoms with van der Waals surface area (Å²) < 4.78 is 12.5. The Kier molecular flexibility index (Phi) is 9.35. The Balaban J connectivity index is 1.27. The zero-order valence-corrected chi connectivity index (χ0v) is 27.4. The predicted octanol–water partition coefficient (Wildman–Crippen LogP) is 11.0. The standard InChI is InChI=1S/C42H46N2O2/c1-4-5-7-31-8-6-9-33(28-31)32-22-24-42(25-23-32,34-10-16-38(17-11-34)45-40-20-14-36(43)26-29(40)2)35-12-18-39(19-13-35)46-41-21-15-37(44)27-30(41)3/h6,8-21,26-28,32H,4-5,7,22-25,43-44H2,1-3H3. The van der Waals surface area contributed by atoms with Gasteiger partial charge >= 0.3 is 0 Å². The minimum Gasteiger partial charge on any atom is -0.457 e. The maximum atomic E-state index is 6.27. The van der Waals surface area contributed by atoms with E-state index in [1.165, 1.54) is 35.1 Å². The molecule has 0 aliphatic heterocycles. The van der Waals surface area contributed by atoms with Crippen molar-refractivity contribution < 1.29 is 9.47 Å². The van der Waals surface area contributed by atoms with E-state index in [0.717, 1.165) is 77.6 Å². The number of hydrogen-bond acceptors (Lipinski definition) is 4. The Morgan fingerprint density at radius 2 is 1.17 bits per heavy atom. The molecule has 0 saturated heterocycles. The number of unbranched alkanes of at least 4 members (excludes halogenated alkanes) is 1. The van der Waals surface area contributed by atoms with E-state index in [4.69, 9.17) is 20.9 Å².